The number of fused-ring (bicyclic) bond motifs is 1. The molecule has 1 aliphatic rings. The highest BCUT2D eigenvalue weighted by molar-refractivity contribution is 7.07. The number of rotatable bonds is 9. The number of hydrogen-bond donors (Lipinski definition) is 0. The fourth-order valence-corrected chi connectivity index (χ4v) is 6.01. The van der Waals surface area contributed by atoms with Crippen LogP contribution >= 0.6 is 22.9 Å². The molecule has 0 aliphatic carbocycles. The lowest BCUT2D eigenvalue weighted by molar-refractivity contribution is -0.138. The summed E-state index contributed by atoms with van der Waals surface area (Å²) in [6.45, 7) is 4.23. The Morgan fingerprint density at radius 3 is 2.40 bits per heavy atom. The summed E-state index contributed by atoms with van der Waals surface area (Å²) in [5.41, 5.74) is 2.35. The van der Waals surface area contributed by atoms with Crippen molar-refractivity contribution in [3.63, 3.8) is 0 Å². The van der Waals surface area contributed by atoms with E-state index in [-0.39, 0.29) is 17.7 Å². The van der Waals surface area contributed by atoms with E-state index < -0.39 is 12.0 Å². The minimum atomic E-state index is -0.858. The lowest BCUT2D eigenvalue weighted by Gasteiger charge is -2.26. The van der Waals surface area contributed by atoms with E-state index in [2.05, 4.69) is 0 Å². The fraction of sp³-hybridized carbons (Fsp3) is 0.219. The molecule has 0 N–H and O–H groups in total. The van der Waals surface area contributed by atoms with Gasteiger partial charge < -0.3 is 18.9 Å². The van der Waals surface area contributed by atoms with E-state index in [0.29, 0.717) is 55.0 Å². The molecule has 216 valence electrons. The zero-order chi connectivity index (χ0) is 29.8. The smallest absolute Gasteiger partial charge is 0.338 e. The molecule has 0 spiro atoms. The molecule has 5 rings (SSSR count). The molecule has 0 radical (unpaired) electrons. The van der Waals surface area contributed by atoms with Crippen molar-refractivity contribution >= 4 is 40.7 Å². The Morgan fingerprint density at radius 2 is 1.71 bits per heavy atom. The first-order valence-corrected chi connectivity index (χ1v) is 14.5. The second kappa shape index (κ2) is 12.7. The molecule has 1 aliphatic heterocycles. The van der Waals surface area contributed by atoms with Crippen LogP contribution in [-0.4, -0.2) is 38.0 Å². The van der Waals surface area contributed by atoms with Gasteiger partial charge in [0.15, 0.2) is 16.3 Å². The number of carbonyl (C=O) groups is 1. The summed E-state index contributed by atoms with van der Waals surface area (Å²) in [4.78, 5) is 33.2. The van der Waals surface area contributed by atoms with Crippen molar-refractivity contribution in [3.8, 4) is 17.2 Å². The Bertz CT molecular complexity index is 1840. The molecule has 0 saturated heterocycles. The third-order valence-electron chi connectivity index (χ3n) is 6.66. The molecule has 1 atom stereocenters. The molecule has 8 nitrogen and oxygen atoms in total. The van der Waals surface area contributed by atoms with Gasteiger partial charge in [-0.1, -0.05) is 59.3 Å². The number of ether oxygens (including phenoxy) is 4. The number of esters is 1. The molecular weight excluding hydrogens is 576 g/mol. The van der Waals surface area contributed by atoms with Crippen LogP contribution in [0.4, 0.5) is 0 Å². The third-order valence-corrected chi connectivity index (χ3v) is 7.87. The van der Waals surface area contributed by atoms with Gasteiger partial charge >= 0.3 is 5.97 Å². The molecule has 0 amide bonds. The van der Waals surface area contributed by atoms with E-state index in [9.17, 15) is 9.59 Å². The first-order chi connectivity index (χ1) is 20.4. The summed E-state index contributed by atoms with van der Waals surface area (Å²) in [6.07, 6.45) is 1.74. The number of aromatic nitrogens is 1. The van der Waals surface area contributed by atoms with E-state index >= 15 is 0 Å². The predicted molar refractivity (Wildman–Crippen MR) is 163 cm³/mol. The third kappa shape index (κ3) is 5.57. The summed E-state index contributed by atoms with van der Waals surface area (Å²) in [6, 6.07) is 19.1. The van der Waals surface area contributed by atoms with E-state index in [1.54, 1.807) is 56.5 Å². The second-order valence-corrected chi connectivity index (χ2v) is 10.6. The molecule has 4 aromatic rings. The number of benzene rings is 3. The number of nitrogens with zero attached hydrogens (tertiary/aromatic N) is 2. The maximum atomic E-state index is 14.2. The van der Waals surface area contributed by atoms with Gasteiger partial charge in [-0.05, 0) is 55.8 Å². The molecular formula is C32H29ClN2O6S. The molecule has 2 heterocycles. The van der Waals surface area contributed by atoms with Gasteiger partial charge in [0.25, 0.3) is 5.56 Å². The van der Waals surface area contributed by atoms with Crippen molar-refractivity contribution in [1.82, 2.24) is 4.57 Å². The lowest BCUT2D eigenvalue weighted by Crippen LogP contribution is -2.40. The second-order valence-electron chi connectivity index (χ2n) is 9.16. The number of thiazole rings is 1. The Kier molecular flexibility index (Phi) is 8.80. The molecule has 0 bridgehead atoms. The van der Waals surface area contributed by atoms with Gasteiger partial charge in [0.05, 0.1) is 49.3 Å². The summed E-state index contributed by atoms with van der Waals surface area (Å²) >= 11 is 7.52. The van der Waals surface area contributed by atoms with Crippen LogP contribution in [0, 0.1) is 0 Å². The van der Waals surface area contributed by atoms with Crippen LogP contribution in [-0.2, 0) is 9.53 Å². The maximum absolute atomic E-state index is 14.2. The van der Waals surface area contributed by atoms with Gasteiger partial charge in [0.1, 0.15) is 5.75 Å². The highest BCUT2D eigenvalue weighted by atomic mass is 35.5. The largest absolute Gasteiger partial charge is 0.493 e. The summed E-state index contributed by atoms with van der Waals surface area (Å²) < 4.78 is 24.3. The van der Waals surface area contributed by atoms with Gasteiger partial charge in [-0.3, -0.25) is 9.36 Å². The number of halogens is 1. The quantitative estimate of drug-likeness (QED) is 0.250. The Morgan fingerprint density at radius 1 is 0.976 bits per heavy atom. The zero-order valence-electron chi connectivity index (χ0n) is 23.5. The van der Waals surface area contributed by atoms with Crippen LogP contribution in [0.1, 0.15) is 36.6 Å². The fourth-order valence-electron chi connectivity index (χ4n) is 4.84. The van der Waals surface area contributed by atoms with Gasteiger partial charge in [-0.25, -0.2) is 9.79 Å². The van der Waals surface area contributed by atoms with Crippen LogP contribution in [0.2, 0.25) is 5.02 Å². The normalized spacial score (nSPS) is 14.7. The van der Waals surface area contributed by atoms with Crippen molar-refractivity contribution in [2.45, 2.75) is 19.9 Å². The molecule has 0 fully saturated rings. The topological polar surface area (TPSA) is 88.4 Å². The summed E-state index contributed by atoms with van der Waals surface area (Å²) in [7, 11) is 3.08. The molecule has 3 aromatic carbocycles. The van der Waals surface area contributed by atoms with Gasteiger partial charge in [-0.15, -0.1) is 0 Å². The molecule has 10 heteroatoms. The molecule has 0 unspecified atom stereocenters. The van der Waals surface area contributed by atoms with Crippen molar-refractivity contribution in [3.05, 3.63) is 114 Å². The average molecular weight is 605 g/mol. The van der Waals surface area contributed by atoms with Crippen molar-refractivity contribution in [2.24, 2.45) is 4.99 Å². The van der Waals surface area contributed by atoms with E-state index in [1.807, 2.05) is 37.3 Å². The number of hydrogen-bond acceptors (Lipinski definition) is 8. The average Bonchev–Trinajstić information content (AvgIpc) is 3.32. The van der Waals surface area contributed by atoms with E-state index in [0.717, 1.165) is 5.56 Å². The number of methoxy groups -OCH3 is 2. The first kappa shape index (κ1) is 29.2. The van der Waals surface area contributed by atoms with Crippen LogP contribution in [0.15, 0.2) is 82.1 Å². The van der Waals surface area contributed by atoms with Gasteiger partial charge in [0.2, 0.25) is 0 Å². The summed E-state index contributed by atoms with van der Waals surface area (Å²) in [5, 5.41) is 0.511. The monoisotopic (exact) mass is 604 g/mol. The molecule has 42 heavy (non-hydrogen) atoms. The van der Waals surface area contributed by atoms with Crippen molar-refractivity contribution < 1.29 is 23.7 Å². The molecule has 0 saturated carbocycles. The van der Waals surface area contributed by atoms with Gasteiger partial charge in [0, 0.05) is 16.1 Å². The predicted octanol–water partition coefficient (Wildman–Crippen LogP) is 5.00. The first-order valence-electron chi connectivity index (χ1n) is 13.3. The standard InChI is InChI=1S/C32H29ClN2O6S/c1-5-40-23-15-13-22(33)16-21(23)18-26-30(36)35-29(20-12-14-24(38-3)25(17-20)39-4)27(31(37)41-6-2)28(34-32(35)42-26)19-10-8-7-9-11-19/h7-18,29H,5-6H2,1-4H3/b26-18-/t29-/m0/s1. The zero-order valence-corrected chi connectivity index (χ0v) is 25.1. The highest BCUT2D eigenvalue weighted by Gasteiger charge is 2.35. The molecule has 1 aromatic heterocycles. The SMILES string of the molecule is CCOC(=O)C1=C(c2ccccc2)N=c2s/c(=C\c3cc(Cl)ccc3OCC)c(=O)n2[C@H]1c1ccc(OC)c(OC)c1. The highest BCUT2D eigenvalue weighted by Crippen LogP contribution is 2.38. The van der Waals surface area contributed by atoms with E-state index in [1.165, 1.54) is 23.0 Å². The Labute approximate surface area is 251 Å². The Balaban J connectivity index is 1.84. The van der Waals surface area contributed by atoms with Crippen LogP contribution in [0.25, 0.3) is 11.8 Å². The van der Waals surface area contributed by atoms with Crippen LogP contribution in [0.3, 0.4) is 0 Å². The van der Waals surface area contributed by atoms with Crippen molar-refractivity contribution in [2.75, 3.05) is 27.4 Å². The van der Waals surface area contributed by atoms with Crippen LogP contribution in [0.5, 0.6) is 17.2 Å². The Hall–Kier alpha value is -4.34. The lowest BCUT2D eigenvalue weighted by atomic mass is 9.93. The van der Waals surface area contributed by atoms with Crippen molar-refractivity contribution in [1.29, 1.82) is 0 Å². The number of carbonyl (C=O) groups excluding carboxylic acids is 1. The van der Waals surface area contributed by atoms with E-state index in [4.69, 9.17) is 35.5 Å². The minimum absolute atomic E-state index is 0.155. The van der Waals surface area contributed by atoms with Gasteiger partial charge in [-0.2, -0.15) is 0 Å². The van der Waals surface area contributed by atoms with Crippen LogP contribution < -0.4 is 29.1 Å². The maximum Gasteiger partial charge on any atom is 0.338 e. The summed E-state index contributed by atoms with van der Waals surface area (Å²) in [5.74, 6) is 1.01. The minimum Gasteiger partial charge on any atom is -0.493 e.